The third-order valence-electron chi connectivity index (χ3n) is 6.20. The zero-order chi connectivity index (χ0) is 24.0. The molecule has 0 radical (unpaired) electrons. The number of aryl methyl sites for hydroxylation is 1. The molecule has 1 unspecified atom stereocenters. The van der Waals surface area contributed by atoms with Gasteiger partial charge in [0, 0.05) is 25.7 Å². The molecule has 9 heteroatoms. The van der Waals surface area contributed by atoms with Crippen LogP contribution in [0.2, 0.25) is 0 Å². The lowest BCUT2D eigenvalue weighted by atomic mass is 9.88. The van der Waals surface area contributed by atoms with Crippen molar-refractivity contribution in [1.29, 1.82) is 0 Å². The molecular formula is C24H30N4O5. The maximum absolute atomic E-state index is 13.1. The first-order valence-electron chi connectivity index (χ1n) is 11.1. The Labute approximate surface area is 192 Å². The fourth-order valence-electron chi connectivity index (χ4n) is 4.30. The van der Waals surface area contributed by atoms with Crippen molar-refractivity contribution in [1.82, 2.24) is 15.2 Å². The molecule has 3 amide bonds. The molecule has 1 aliphatic rings. The molecule has 5 N–H and O–H groups in total. The maximum Gasteiger partial charge on any atom is 0.405 e. The molecule has 0 saturated heterocycles. The molecule has 1 heterocycles. The molecule has 33 heavy (non-hydrogen) atoms. The van der Waals surface area contributed by atoms with Gasteiger partial charge in [0.05, 0.1) is 0 Å². The van der Waals surface area contributed by atoms with Crippen molar-refractivity contribution in [2.24, 2.45) is 12.8 Å². The molecule has 0 spiro atoms. The molecule has 1 saturated carbocycles. The van der Waals surface area contributed by atoms with E-state index < -0.39 is 29.5 Å². The van der Waals surface area contributed by atoms with Crippen molar-refractivity contribution in [3.8, 4) is 11.1 Å². The van der Waals surface area contributed by atoms with E-state index in [9.17, 15) is 24.3 Å². The van der Waals surface area contributed by atoms with Crippen LogP contribution in [0, 0.1) is 0 Å². The summed E-state index contributed by atoms with van der Waals surface area (Å²) in [6, 6.07) is 9.67. The summed E-state index contributed by atoms with van der Waals surface area (Å²) >= 11 is 0. The van der Waals surface area contributed by atoms with Crippen molar-refractivity contribution in [2.45, 2.75) is 56.5 Å². The number of pyridine rings is 1. The van der Waals surface area contributed by atoms with Crippen LogP contribution in [-0.2, 0) is 23.1 Å². The third kappa shape index (κ3) is 6.00. The topological polar surface area (TPSA) is 144 Å². The van der Waals surface area contributed by atoms with E-state index in [-0.39, 0.29) is 12.0 Å². The van der Waals surface area contributed by atoms with Crippen LogP contribution >= 0.6 is 0 Å². The highest BCUT2D eigenvalue weighted by molar-refractivity contribution is 5.93. The van der Waals surface area contributed by atoms with Crippen LogP contribution in [0.25, 0.3) is 11.1 Å². The fraction of sp³-hybridized carbons (Fsp3) is 0.417. The Hall–Kier alpha value is -3.62. The summed E-state index contributed by atoms with van der Waals surface area (Å²) in [7, 11) is 1.68. The van der Waals surface area contributed by atoms with E-state index in [2.05, 4.69) is 10.6 Å². The number of carbonyl (C=O) groups excluding carboxylic acids is 2. The van der Waals surface area contributed by atoms with Gasteiger partial charge in [-0.25, -0.2) is 4.79 Å². The fourth-order valence-corrected chi connectivity index (χ4v) is 4.30. The summed E-state index contributed by atoms with van der Waals surface area (Å²) in [5, 5.41) is 14.4. The zero-order valence-electron chi connectivity index (χ0n) is 18.7. The van der Waals surface area contributed by atoms with Crippen LogP contribution in [0.15, 0.2) is 47.4 Å². The second-order valence-corrected chi connectivity index (χ2v) is 8.62. The number of hydrogen-bond donors (Lipinski definition) is 4. The average molecular weight is 455 g/mol. The molecule has 2 aromatic rings. The van der Waals surface area contributed by atoms with Gasteiger partial charge in [0.2, 0.25) is 17.4 Å². The first-order valence-corrected chi connectivity index (χ1v) is 11.1. The number of benzene rings is 1. The summed E-state index contributed by atoms with van der Waals surface area (Å²) in [5.74, 6) is -1.21. The van der Waals surface area contributed by atoms with Gasteiger partial charge in [-0.3, -0.25) is 14.4 Å². The number of nitrogens with one attached hydrogen (secondary N) is 2. The number of primary amides is 1. The number of nitrogens with two attached hydrogens (primary N) is 1. The smallest absolute Gasteiger partial charge is 0.405 e. The predicted octanol–water partition coefficient (Wildman–Crippen LogP) is 1.93. The third-order valence-corrected chi connectivity index (χ3v) is 6.20. The summed E-state index contributed by atoms with van der Waals surface area (Å²) in [4.78, 5) is 48.2. The van der Waals surface area contributed by atoms with Gasteiger partial charge < -0.3 is 26.0 Å². The summed E-state index contributed by atoms with van der Waals surface area (Å²) in [6.07, 6.45) is 4.72. The van der Waals surface area contributed by atoms with Gasteiger partial charge in [-0.2, -0.15) is 0 Å². The maximum atomic E-state index is 13.1. The van der Waals surface area contributed by atoms with Crippen molar-refractivity contribution in [2.75, 3.05) is 0 Å². The number of nitrogens with zero attached hydrogens (tertiary/aromatic N) is 1. The average Bonchev–Trinajstić information content (AvgIpc) is 3.01. The number of carbonyl (C=O) groups is 3. The minimum Gasteiger partial charge on any atom is -0.465 e. The number of carboxylic acid groups (broad SMARTS) is 1. The lowest BCUT2D eigenvalue weighted by Gasteiger charge is -2.32. The summed E-state index contributed by atoms with van der Waals surface area (Å²) < 4.78 is 1.50. The first kappa shape index (κ1) is 24.0. The highest BCUT2D eigenvalue weighted by Crippen LogP contribution is 2.28. The largest absolute Gasteiger partial charge is 0.465 e. The molecular weight excluding hydrogens is 424 g/mol. The predicted molar refractivity (Wildman–Crippen MR) is 124 cm³/mol. The van der Waals surface area contributed by atoms with Gasteiger partial charge >= 0.3 is 6.09 Å². The van der Waals surface area contributed by atoms with Crippen molar-refractivity contribution >= 4 is 17.9 Å². The van der Waals surface area contributed by atoms with Gasteiger partial charge in [-0.05, 0) is 35.6 Å². The monoisotopic (exact) mass is 454 g/mol. The Morgan fingerprint density at radius 1 is 1.03 bits per heavy atom. The van der Waals surface area contributed by atoms with E-state index >= 15 is 0 Å². The van der Waals surface area contributed by atoms with E-state index in [1.165, 1.54) is 10.6 Å². The Balaban J connectivity index is 1.75. The van der Waals surface area contributed by atoms with Crippen LogP contribution in [0.4, 0.5) is 4.79 Å². The molecule has 1 atom stereocenters. The van der Waals surface area contributed by atoms with Crippen molar-refractivity contribution < 1.29 is 19.5 Å². The molecule has 3 rings (SSSR count). The molecule has 176 valence electrons. The Bertz CT molecular complexity index is 1070. The molecule has 9 nitrogen and oxygen atoms in total. The standard InChI is InChI=1S/C24H30N4O5/c1-28-15-18(10-11-20(28)29)17-8-6-16(7-9-17)14-19(21(25)30)26-22(31)24(27-23(32)33)12-4-2-3-5-13-24/h6-11,15,19,27H,2-5,12-14H2,1H3,(H2,25,30)(H,26,31)(H,32,33). The van der Waals surface area contributed by atoms with Gasteiger partial charge in [0.15, 0.2) is 0 Å². The second kappa shape index (κ2) is 10.3. The zero-order valence-corrected chi connectivity index (χ0v) is 18.7. The van der Waals surface area contributed by atoms with Crippen LogP contribution < -0.4 is 21.9 Å². The summed E-state index contributed by atoms with van der Waals surface area (Å²) in [6.45, 7) is 0. The highest BCUT2D eigenvalue weighted by Gasteiger charge is 2.41. The van der Waals surface area contributed by atoms with Crippen LogP contribution in [0.1, 0.15) is 44.1 Å². The van der Waals surface area contributed by atoms with Crippen molar-refractivity contribution in [3.63, 3.8) is 0 Å². The summed E-state index contributed by atoms with van der Waals surface area (Å²) in [5.41, 5.74) is 6.77. The van der Waals surface area contributed by atoms with E-state index in [0.29, 0.717) is 12.8 Å². The van der Waals surface area contributed by atoms with Gasteiger partial charge in [0.25, 0.3) is 0 Å². The number of rotatable bonds is 7. The lowest BCUT2D eigenvalue weighted by molar-refractivity contribution is -0.132. The van der Waals surface area contributed by atoms with Crippen LogP contribution in [0.3, 0.4) is 0 Å². The molecule has 0 aliphatic heterocycles. The molecule has 0 bridgehead atoms. The van der Waals surface area contributed by atoms with Crippen LogP contribution in [-0.4, -0.2) is 39.2 Å². The number of aromatic nitrogens is 1. The number of amides is 3. The van der Waals surface area contributed by atoms with Gasteiger partial charge in [-0.15, -0.1) is 0 Å². The Kier molecular flexibility index (Phi) is 7.52. The first-order chi connectivity index (χ1) is 15.7. The van der Waals surface area contributed by atoms with Gasteiger partial charge in [0.1, 0.15) is 11.6 Å². The minimum atomic E-state index is -1.27. The number of hydrogen-bond acceptors (Lipinski definition) is 4. The molecule has 1 fully saturated rings. The quantitative estimate of drug-likeness (QED) is 0.473. The van der Waals surface area contributed by atoms with Crippen LogP contribution in [0.5, 0.6) is 0 Å². The van der Waals surface area contributed by atoms with E-state index in [1.807, 2.05) is 24.3 Å². The highest BCUT2D eigenvalue weighted by atomic mass is 16.4. The molecule has 1 aliphatic carbocycles. The van der Waals surface area contributed by atoms with Crippen molar-refractivity contribution in [3.05, 3.63) is 58.5 Å². The molecule has 1 aromatic heterocycles. The molecule has 1 aromatic carbocycles. The Morgan fingerprint density at radius 2 is 1.64 bits per heavy atom. The van der Waals surface area contributed by atoms with E-state index in [0.717, 1.165) is 42.4 Å². The SMILES string of the molecule is Cn1cc(-c2ccc(CC(NC(=O)C3(NC(=O)O)CCCCCC3)C(N)=O)cc2)ccc1=O. The Morgan fingerprint density at radius 3 is 2.18 bits per heavy atom. The lowest BCUT2D eigenvalue weighted by Crippen LogP contribution is -2.61. The normalized spacial score (nSPS) is 16.3. The minimum absolute atomic E-state index is 0.0979. The van der Waals surface area contributed by atoms with E-state index in [1.54, 1.807) is 19.3 Å². The second-order valence-electron chi connectivity index (χ2n) is 8.62. The van der Waals surface area contributed by atoms with Gasteiger partial charge in [-0.1, -0.05) is 49.9 Å². The van der Waals surface area contributed by atoms with E-state index in [4.69, 9.17) is 5.73 Å².